The van der Waals surface area contributed by atoms with Gasteiger partial charge in [0.05, 0.1) is 5.39 Å². The highest BCUT2D eigenvalue weighted by Gasteiger charge is 2.19. The highest BCUT2D eigenvalue weighted by molar-refractivity contribution is 6.32. The lowest BCUT2D eigenvalue weighted by Crippen LogP contribution is -2.32. The summed E-state index contributed by atoms with van der Waals surface area (Å²) in [4.78, 5) is 25.3. The van der Waals surface area contributed by atoms with Crippen LogP contribution in [0.3, 0.4) is 0 Å². The van der Waals surface area contributed by atoms with Gasteiger partial charge in [-0.1, -0.05) is 55.3 Å². The number of rotatable bonds is 6. The summed E-state index contributed by atoms with van der Waals surface area (Å²) in [6.07, 6.45) is 0. The van der Waals surface area contributed by atoms with Gasteiger partial charge in [0, 0.05) is 17.1 Å². The molecule has 1 aromatic heterocycles. The van der Waals surface area contributed by atoms with E-state index in [2.05, 4.69) is 5.32 Å². The molecule has 0 spiro atoms. The molecule has 6 heteroatoms. The summed E-state index contributed by atoms with van der Waals surface area (Å²) in [5.74, 6) is 0.315. The number of fused-ring (bicyclic) bond motifs is 1. The van der Waals surface area contributed by atoms with Crippen molar-refractivity contribution in [2.75, 3.05) is 13.2 Å². The molecule has 1 amide bonds. The van der Waals surface area contributed by atoms with Crippen LogP contribution in [0.2, 0.25) is 5.02 Å². The Morgan fingerprint density at radius 3 is 2.52 bits per heavy atom. The number of ether oxygens (including phenoxy) is 1. The van der Waals surface area contributed by atoms with E-state index in [1.165, 1.54) is 0 Å². The zero-order chi connectivity index (χ0) is 21.1. The summed E-state index contributed by atoms with van der Waals surface area (Å²) < 4.78 is 11.7. The Morgan fingerprint density at radius 2 is 1.86 bits per heavy atom. The zero-order valence-corrected chi connectivity index (χ0v) is 17.7. The molecular weight excluding hydrogens is 390 g/mol. The van der Waals surface area contributed by atoms with E-state index in [1.807, 2.05) is 52.0 Å². The normalized spacial score (nSPS) is 11.1. The Kier molecular flexibility index (Phi) is 6.28. The van der Waals surface area contributed by atoms with E-state index >= 15 is 0 Å². The molecule has 1 heterocycles. The summed E-state index contributed by atoms with van der Waals surface area (Å²) in [7, 11) is 0. The lowest BCUT2D eigenvalue weighted by molar-refractivity contribution is -0.123. The van der Waals surface area contributed by atoms with Crippen LogP contribution in [0.1, 0.15) is 25.0 Å². The van der Waals surface area contributed by atoms with Crippen LogP contribution in [0, 0.1) is 19.8 Å². The molecule has 152 valence electrons. The van der Waals surface area contributed by atoms with E-state index < -0.39 is 0 Å². The third-order valence-corrected chi connectivity index (χ3v) is 4.91. The number of amides is 1. The van der Waals surface area contributed by atoms with Crippen LogP contribution in [-0.4, -0.2) is 19.1 Å². The van der Waals surface area contributed by atoms with Crippen LogP contribution in [0.25, 0.3) is 22.3 Å². The second-order valence-electron chi connectivity index (χ2n) is 7.54. The van der Waals surface area contributed by atoms with Gasteiger partial charge >= 0.3 is 0 Å². The van der Waals surface area contributed by atoms with Crippen molar-refractivity contribution in [2.45, 2.75) is 27.7 Å². The van der Waals surface area contributed by atoms with Gasteiger partial charge < -0.3 is 14.5 Å². The first-order chi connectivity index (χ1) is 13.8. The van der Waals surface area contributed by atoms with E-state index in [0.717, 1.165) is 11.1 Å². The van der Waals surface area contributed by atoms with Crippen molar-refractivity contribution in [1.82, 2.24) is 5.32 Å². The molecule has 1 N–H and O–H groups in total. The van der Waals surface area contributed by atoms with Crippen molar-refractivity contribution >= 4 is 28.5 Å². The second kappa shape index (κ2) is 8.70. The van der Waals surface area contributed by atoms with Gasteiger partial charge in [0.1, 0.15) is 5.58 Å². The van der Waals surface area contributed by atoms with E-state index in [9.17, 15) is 9.59 Å². The van der Waals surface area contributed by atoms with Gasteiger partial charge in [0.15, 0.2) is 12.4 Å². The van der Waals surface area contributed by atoms with Crippen LogP contribution < -0.4 is 15.5 Å². The van der Waals surface area contributed by atoms with E-state index in [1.54, 1.807) is 12.1 Å². The Balaban J connectivity index is 2.07. The number of halogens is 1. The Bertz CT molecular complexity index is 1100. The summed E-state index contributed by atoms with van der Waals surface area (Å²) in [6, 6.07) is 10.9. The van der Waals surface area contributed by atoms with Crippen molar-refractivity contribution < 1.29 is 13.9 Å². The molecule has 0 unspecified atom stereocenters. The topological polar surface area (TPSA) is 68.5 Å². The average Bonchev–Trinajstić information content (AvgIpc) is 2.68. The van der Waals surface area contributed by atoms with Crippen molar-refractivity contribution in [2.24, 2.45) is 5.92 Å². The fraction of sp³-hybridized carbons (Fsp3) is 0.304. The highest BCUT2D eigenvalue weighted by atomic mass is 35.5. The molecule has 0 fully saturated rings. The number of hydrogen-bond acceptors (Lipinski definition) is 4. The minimum absolute atomic E-state index is 0.000898. The fourth-order valence-corrected chi connectivity index (χ4v) is 3.00. The van der Waals surface area contributed by atoms with Gasteiger partial charge in [-0.15, -0.1) is 0 Å². The molecule has 2 aromatic carbocycles. The van der Waals surface area contributed by atoms with Crippen LogP contribution in [0.15, 0.2) is 45.6 Å². The molecule has 0 saturated heterocycles. The van der Waals surface area contributed by atoms with Crippen molar-refractivity contribution in [3.63, 3.8) is 0 Å². The SMILES string of the molecule is Cc1ccc(-c2oc3cc(C)c(Cl)cc3c(=O)c2OCC(=O)NCC(C)C)cc1. The molecule has 0 atom stereocenters. The quantitative estimate of drug-likeness (QED) is 0.625. The molecule has 0 saturated carbocycles. The predicted octanol–water partition coefficient (Wildman–Crippen LogP) is 4.88. The summed E-state index contributed by atoms with van der Waals surface area (Å²) >= 11 is 6.20. The third-order valence-electron chi connectivity index (χ3n) is 4.50. The number of nitrogens with one attached hydrogen (secondary N) is 1. The summed E-state index contributed by atoms with van der Waals surface area (Å²) in [5.41, 5.74) is 2.64. The van der Waals surface area contributed by atoms with E-state index in [0.29, 0.717) is 39.8 Å². The van der Waals surface area contributed by atoms with Gasteiger partial charge in [0.2, 0.25) is 11.2 Å². The number of carbonyl (C=O) groups is 1. The highest BCUT2D eigenvalue weighted by Crippen LogP contribution is 2.32. The van der Waals surface area contributed by atoms with Crippen LogP contribution in [-0.2, 0) is 4.79 Å². The van der Waals surface area contributed by atoms with Crippen molar-refractivity contribution in [3.05, 3.63) is 62.8 Å². The zero-order valence-electron chi connectivity index (χ0n) is 17.0. The standard InChI is InChI=1S/C23H24ClNO4/c1-13(2)11-25-20(26)12-28-23-21(27)17-10-18(24)15(4)9-19(17)29-22(23)16-7-5-14(3)6-8-16/h5-10,13H,11-12H2,1-4H3,(H,25,26). The molecule has 0 aliphatic carbocycles. The first kappa shape index (κ1) is 20.9. The first-order valence-corrected chi connectivity index (χ1v) is 9.87. The molecule has 3 rings (SSSR count). The second-order valence-corrected chi connectivity index (χ2v) is 7.95. The molecule has 0 radical (unpaired) electrons. The molecular formula is C23H24ClNO4. The summed E-state index contributed by atoms with van der Waals surface area (Å²) in [5, 5.41) is 3.55. The maximum absolute atomic E-state index is 13.2. The van der Waals surface area contributed by atoms with E-state index in [4.69, 9.17) is 20.8 Å². The maximum atomic E-state index is 13.2. The third kappa shape index (κ3) is 4.80. The largest absolute Gasteiger partial charge is 0.476 e. The Morgan fingerprint density at radius 1 is 1.17 bits per heavy atom. The number of hydrogen-bond donors (Lipinski definition) is 1. The predicted molar refractivity (Wildman–Crippen MR) is 116 cm³/mol. The molecule has 0 bridgehead atoms. The lowest BCUT2D eigenvalue weighted by atomic mass is 10.1. The minimum atomic E-state index is -0.361. The van der Waals surface area contributed by atoms with Crippen molar-refractivity contribution in [3.8, 4) is 17.1 Å². The fourth-order valence-electron chi connectivity index (χ4n) is 2.83. The van der Waals surface area contributed by atoms with Crippen LogP contribution >= 0.6 is 11.6 Å². The molecule has 0 aliphatic heterocycles. The molecule has 0 aliphatic rings. The Labute approximate surface area is 174 Å². The lowest BCUT2D eigenvalue weighted by Gasteiger charge is -2.13. The van der Waals surface area contributed by atoms with Gasteiger partial charge in [-0.2, -0.15) is 0 Å². The number of aryl methyl sites for hydroxylation is 2. The van der Waals surface area contributed by atoms with Gasteiger partial charge in [-0.25, -0.2) is 0 Å². The number of carbonyl (C=O) groups excluding carboxylic acids is 1. The summed E-state index contributed by atoms with van der Waals surface area (Å²) in [6.45, 7) is 8.08. The minimum Gasteiger partial charge on any atom is -0.476 e. The Hall–Kier alpha value is -2.79. The van der Waals surface area contributed by atoms with Gasteiger partial charge in [-0.3, -0.25) is 9.59 Å². The van der Waals surface area contributed by atoms with Crippen LogP contribution in [0.4, 0.5) is 0 Å². The smallest absolute Gasteiger partial charge is 0.257 e. The van der Waals surface area contributed by atoms with Gasteiger partial charge in [0.25, 0.3) is 5.91 Å². The molecule has 3 aromatic rings. The number of benzene rings is 2. The van der Waals surface area contributed by atoms with E-state index in [-0.39, 0.29) is 23.7 Å². The average molecular weight is 414 g/mol. The molecule has 29 heavy (non-hydrogen) atoms. The monoisotopic (exact) mass is 413 g/mol. The van der Waals surface area contributed by atoms with Crippen molar-refractivity contribution in [1.29, 1.82) is 0 Å². The van der Waals surface area contributed by atoms with Gasteiger partial charge in [-0.05, 0) is 37.5 Å². The molecule has 5 nitrogen and oxygen atoms in total. The maximum Gasteiger partial charge on any atom is 0.257 e. The van der Waals surface area contributed by atoms with Crippen LogP contribution in [0.5, 0.6) is 5.75 Å². The first-order valence-electron chi connectivity index (χ1n) is 9.49.